The van der Waals surface area contributed by atoms with Crippen LogP contribution in [0.15, 0.2) is 53.8 Å². The van der Waals surface area contributed by atoms with Gasteiger partial charge < -0.3 is 9.88 Å². The van der Waals surface area contributed by atoms with E-state index in [1.165, 1.54) is 16.8 Å². The Hall–Kier alpha value is -3.40. The number of pyridine rings is 1. The molecule has 36 heavy (non-hydrogen) atoms. The fourth-order valence-corrected chi connectivity index (χ4v) is 5.63. The summed E-state index contributed by atoms with van der Waals surface area (Å²) < 4.78 is 46.6. The maximum Gasteiger partial charge on any atom is 0.418 e. The van der Waals surface area contributed by atoms with Crippen LogP contribution in [0.3, 0.4) is 0 Å². The third-order valence-electron chi connectivity index (χ3n) is 7.78. The van der Waals surface area contributed by atoms with Crippen molar-refractivity contribution in [3.63, 3.8) is 0 Å². The Kier molecular flexibility index (Phi) is 5.51. The molecule has 2 aliphatic rings. The molecular weight excluding hydrogens is 469 g/mol. The van der Waals surface area contributed by atoms with Crippen LogP contribution >= 0.6 is 0 Å². The lowest BCUT2D eigenvalue weighted by Crippen LogP contribution is -2.24. The second-order valence-corrected chi connectivity index (χ2v) is 9.98. The molecule has 7 nitrogen and oxygen atoms in total. The van der Waals surface area contributed by atoms with E-state index in [9.17, 15) is 18.0 Å². The molecule has 10 heteroatoms. The summed E-state index contributed by atoms with van der Waals surface area (Å²) in [5.74, 6) is 1.21. The first-order valence-electron chi connectivity index (χ1n) is 12.3. The lowest BCUT2D eigenvalue weighted by atomic mass is 9.72. The first-order valence-corrected chi connectivity index (χ1v) is 12.3. The maximum atomic E-state index is 14.1. The minimum Gasteiger partial charge on any atom is -0.320 e. The van der Waals surface area contributed by atoms with E-state index in [0.29, 0.717) is 23.7 Å². The highest BCUT2D eigenvalue weighted by Crippen LogP contribution is 2.43. The maximum absolute atomic E-state index is 14.1. The Morgan fingerprint density at radius 2 is 1.97 bits per heavy atom. The summed E-state index contributed by atoms with van der Waals surface area (Å²) in [5.41, 5.74) is 0.593. The van der Waals surface area contributed by atoms with Crippen LogP contribution in [0.2, 0.25) is 0 Å². The van der Waals surface area contributed by atoms with E-state index in [1.54, 1.807) is 18.6 Å². The van der Waals surface area contributed by atoms with Gasteiger partial charge in [0.05, 0.1) is 16.8 Å². The average molecular weight is 497 g/mol. The number of benzene rings is 1. The van der Waals surface area contributed by atoms with Gasteiger partial charge in [-0.2, -0.15) is 13.2 Å². The second-order valence-electron chi connectivity index (χ2n) is 9.98. The van der Waals surface area contributed by atoms with Gasteiger partial charge >= 0.3 is 11.9 Å². The van der Waals surface area contributed by atoms with Crippen LogP contribution in [0.4, 0.5) is 13.2 Å². The van der Waals surface area contributed by atoms with E-state index in [2.05, 4.69) is 15.5 Å². The highest BCUT2D eigenvalue weighted by molar-refractivity contribution is 5.58. The molecule has 0 bridgehead atoms. The van der Waals surface area contributed by atoms with Crippen molar-refractivity contribution in [1.29, 1.82) is 0 Å². The number of fused-ring (bicyclic) bond motifs is 1. The van der Waals surface area contributed by atoms with Crippen LogP contribution in [0.1, 0.15) is 60.0 Å². The van der Waals surface area contributed by atoms with Crippen molar-refractivity contribution < 1.29 is 13.2 Å². The van der Waals surface area contributed by atoms with Gasteiger partial charge in [-0.1, -0.05) is 18.6 Å². The molecule has 1 aromatic carbocycles. The van der Waals surface area contributed by atoms with Crippen LogP contribution in [-0.2, 0) is 13.2 Å². The normalized spacial score (nSPS) is 19.6. The Labute approximate surface area is 205 Å². The van der Waals surface area contributed by atoms with Crippen molar-refractivity contribution in [3.05, 3.63) is 82.1 Å². The molecule has 4 heterocycles. The smallest absolute Gasteiger partial charge is 0.320 e. The summed E-state index contributed by atoms with van der Waals surface area (Å²) in [6, 6.07) is 8.70. The van der Waals surface area contributed by atoms with Crippen molar-refractivity contribution in [1.82, 2.24) is 29.0 Å². The number of hydrogen-bond donors (Lipinski definition) is 1. The molecule has 188 valence electrons. The van der Waals surface area contributed by atoms with Crippen LogP contribution < -0.4 is 11.0 Å². The molecular formula is C26H27F3N6O. The summed E-state index contributed by atoms with van der Waals surface area (Å²) in [4.78, 5) is 13.5. The van der Waals surface area contributed by atoms with Crippen molar-refractivity contribution >= 4 is 5.52 Å². The van der Waals surface area contributed by atoms with Crippen molar-refractivity contribution in [2.45, 2.75) is 43.7 Å². The molecule has 1 saturated heterocycles. The third-order valence-corrected chi connectivity index (χ3v) is 7.78. The summed E-state index contributed by atoms with van der Waals surface area (Å²) in [6.07, 6.45) is 4.02. The first-order chi connectivity index (χ1) is 17.3. The van der Waals surface area contributed by atoms with E-state index in [4.69, 9.17) is 0 Å². The van der Waals surface area contributed by atoms with Gasteiger partial charge in [-0.05, 0) is 67.0 Å². The molecule has 3 aromatic heterocycles. The van der Waals surface area contributed by atoms with E-state index in [1.807, 2.05) is 29.8 Å². The number of rotatable bonds is 5. The number of alkyl halides is 3. The number of imidazole rings is 1. The van der Waals surface area contributed by atoms with E-state index in [0.717, 1.165) is 48.0 Å². The van der Waals surface area contributed by atoms with E-state index < -0.39 is 17.4 Å². The zero-order valence-corrected chi connectivity index (χ0v) is 19.9. The highest BCUT2D eigenvalue weighted by Gasteiger charge is 2.36. The number of hydrogen-bond acceptors (Lipinski definition) is 4. The number of nitrogens with one attached hydrogen (secondary N) is 1. The van der Waals surface area contributed by atoms with Crippen molar-refractivity contribution in [2.24, 2.45) is 13.0 Å². The van der Waals surface area contributed by atoms with Gasteiger partial charge in [-0.3, -0.25) is 8.97 Å². The van der Waals surface area contributed by atoms with Gasteiger partial charge in [0.2, 0.25) is 0 Å². The predicted molar refractivity (Wildman–Crippen MR) is 128 cm³/mol. The first kappa shape index (κ1) is 23.0. The molecule has 2 atom stereocenters. The van der Waals surface area contributed by atoms with Gasteiger partial charge in [0, 0.05) is 31.9 Å². The Morgan fingerprint density at radius 3 is 2.61 bits per heavy atom. The minimum atomic E-state index is -4.58. The summed E-state index contributed by atoms with van der Waals surface area (Å²) in [7, 11) is 1.91. The number of nitrogens with zero attached hydrogens (tertiary/aromatic N) is 5. The van der Waals surface area contributed by atoms with Crippen LogP contribution in [0.25, 0.3) is 11.2 Å². The quantitative estimate of drug-likeness (QED) is 0.449. The standard InChI is InChI=1S/C26H27F3N6O/c1-33-15-31-32-24(33)23(16-4-2-5-16)17-6-3-7-20(10-17)34-14-22-21(26(27,28)29)11-19(13-35(22)25(34)36)18-8-9-30-12-18/h3,6-7,10-11,13-16,18,23,30H,2,4-5,8-9,12H2,1H3/t18?,23-/m1/s1. The molecule has 0 spiro atoms. The topological polar surface area (TPSA) is 69.2 Å². The van der Waals surface area contributed by atoms with Crippen molar-refractivity contribution in [2.75, 3.05) is 13.1 Å². The summed E-state index contributed by atoms with van der Waals surface area (Å²) in [6.45, 7) is 1.35. The lowest BCUT2D eigenvalue weighted by Gasteiger charge is -2.33. The largest absolute Gasteiger partial charge is 0.418 e. The number of aromatic nitrogens is 5. The number of aryl methyl sites for hydroxylation is 1. The minimum absolute atomic E-state index is 0.00568. The van der Waals surface area contributed by atoms with Gasteiger partial charge in [-0.25, -0.2) is 4.79 Å². The Morgan fingerprint density at radius 1 is 1.14 bits per heavy atom. The van der Waals surface area contributed by atoms with E-state index in [-0.39, 0.29) is 17.4 Å². The van der Waals surface area contributed by atoms with E-state index >= 15 is 0 Å². The molecule has 1 saturated carbocycles. The molecule has 2 fully saturated rings. The third kappa shape index (κ3) is 3.84. The fourth-order valence-electron chi connectivity index (χ4n) is 5.63. The molecule has 1 aliphatic heterocycles. The van der Waals surface area contributed by atoms with Crippen LogP contribution in [0.5, 0.6) is 0 Å². The summed E-state index contributed by atoms with van der Waals surface area (Å²) >= 11 is 0. The lowest BCUT2D eigenvalue weighted by molar-refractivity contribution is -0.136. The zero-order chi connectivity index (χ0) is 25.0. The van der Waals surface area contributed by atoms with Crippen molar-refractivity contribution in [3.8, 4) is 5.69 Å². The van der Waals surface area contributed by atoms with Gasteiger partial charge in [0.15, 0.2) is 0 Å². The van der Waals surface area contributed by atoms with Crippen LogP contribution in [0, 0.1) is 5.92 Å². The van der Waals surface area contributed by atoms with Gasteiger partial charge in [0.25, 0.3) is 0 Å². The predicted octanol–water partition coefficient (Wildman–Crippen LogP) is 4.25. The monoisotopic (exact) mass is 496 g/mol. The highest BCUT2D eigenvalue weighted by atomic mass is 19.4. The Balaban J connectivity index is 1.48. The molecule has 1 unspecified atom stereocenters. The average Bonchev–Trinajstić information content (AvgIpc) is 3.56. The Bertz CT molecular complexity index is 1470. The zero-order valence-electron chi connectivity index (χ0n) is 19.9. The van der Waals surface area contributed by atoms with Gasteiger partial charge in [0.1, 0.15) is 12.2 Å². The fraction of sp³-hybridized carbons (Fsp3) is 0.423. The molecule has 0 radical (unpaired) electrons. The SMILES string of the molecule is Cn1cnnc1[C@@H](c1cccc(-n2cc3c(C(F)(F)F)cc(C4CCNC4)cn3c2=O)c1)C1CCC1. The number of halogens is 3. The second kappa shape index (κ2) is 8.62. The molecule has 1 aliphatic carbocycles. The molecule has 6 rings (SSSR count). The molecule has 4 aromatic rings. The molecule has 0 amide bonds. The summed E-state index contributed by atoms with van der Waals surface area (Å²) in [5, 5.41) is 11.6. The molecule has 1 N–H and O–H groups in total. The van der Waals surface area contributed by atoms with Gasteiger partial charge in [-0.15, -0.1) is 10.2 Å². The van der Waals surface area contributed by atoms with Crippen LogP contribution in [-0.4, -0.2) is 36.8 Å².